The molecule has 0 unspecified atom stereocenters. The van der Waals surface area contributed by atoms with E-state index in [4.69, 9.17) is 9.47 Å². The molecule has 2 aromatic carbocycles. The number of rotatable bonds is 5. The summed E-state index contributed by atoms with van der Waals surface area (Å²) in [6.45, 7) is 1.68. The van der Waals surface area contributed by atoms with Crippen molar-refractivity contribution in [3.8, 4) is 11.5 Å². The average Bonchev–Trinajstić information content (AvgIpc) is 2.65. The molecule has 0 saturated heterocycles. The van der Waals surface area contributed by atoms with Crippen molar-refractivity contribution in [1.29, 1.82) is 0 Å². The van der Waals surface area contributed by atoms with E-state index >= 15 is 0 Å². The summed E-state index contributed by atoms with van der Waals surface area (Å²) in [6, 6.07) is 14.0. The van der Waals surface area contributed by atoms with Gasteiger partial charge in [-0.3, -0.25) is 9.59 Å². The smallest absolute Gasteiger partial charge is 0.251 e. The van der Waals surface area contributed by atoms with E-state index < -0.39 is 0 Å². The van der Waals surface area contributed by atoms with Crippen molar-refractivity contribution in [3.05, 3.63) is 59.7 Å². The van der Waals surface area contributed by atoms with Gasteiger partial charge in [0.1, 0.15) is 13.2 Å². The standard InChI is InChI=1S/C18H18N2O4/c21-17(13-4-2-1-3-5-13)19-8-9-20-18(22)14-6-7-15-16(12-14)24-11-10-23-15/h1-7,12H,8-11H2,(H,19,21)(H,20,22). The van der Waals surface area contributed by atoms with E-state index in [1.807, 2.05) is 6.07 Å². The minimum Gasteiger partial charge on any atom is -0.486 e. The maximum Gasteiger partial charge on any atom is 0.251 e. The molecule has 6 heteroatoms. The number of hydrogen-bond donors (Lipinski definition) is 2. The van der Waals surface area contributed by atoms with Crippen LogP contribution in [-0.2, 0) is 0 Å². The maximum atomic E-state index is 12.1. The zero-order valence-electron chi connectivity index (χ0n) is 13.1. The van der Waals surface area contributed by atoms with Gasteiger partial charge in [-0.15, -0.1) is 0 Å². The lowest BCUT2D eigenvalue weighted by Crippen LogP contribution is -2.34. The summed E-state index contributed by atoms with van der Waals surface area (Å²) in [6.07, 6.45) is 0. The van der Waals surface area contributed by atoms with Crippen molar-refractivity contribution in [3.63, 3.8) is 0 Å². The number of benzene rings is 2. The number of nitrogens with one attached hydrogen (secondary N) is 2. The Balaban J connectivity index is 1.47. The van der Waals surface area contributed by atoms with Gasteiger partial charge in [0.2, 0.25) is 0 Å². The molecule has 6 nitrogen and oxygen atoms in total. The Morgan fingerprint density at radius 1 is 0.792 bits per heavy atom. The molecule has 24 heavy (non-hydrogen) atoms. The van der Waals surface area contributed by atoms with Crippen LogP contribution in [0.4, 0.5) is 0 Å². The molecule has 2 N–H and O–H groups in total. The number of hydrogen-bond acceptors (Lipinski definition) is 4. The van der Waals surface area contributed by atoms with E-state index in [1.165, 1.54) is 0 Å². The average molecular weight is 326 g/mol. The van der Waals surface area contributed by atoms with Gasteiger partial charge in [0.15, 0.2) is 11.5 Å². The molecule has 2 amide bonds. The van der Waals surface area contributed by atoms with E-state index in [2.05, 4.69) is 10.6 Å². The predicted octanol–water partition coefficient (Wildman–Crippen LogP) is 1.62. The summed E-state index contributed by atoms with van der Waals surface area (Å²) in [5, 5.41) is 5.52. The fourth-order valence-corrected chi connectivity index (χ4v) is 2.33. The molecule has 0 aliphatic carbocycles. The van der Waals surface area contributed by atoms with Crippen LogP contribution in [0.2, 0.25) is 0 Å². The van der Waals surface area contributed by atoms with Crippen molar-refractivity contribution in [1.82, 2.24) is 10.6 Å². The number of fused-ring (bicyclic) bond motifs is 1. The monoisotopic (exact) mass is 326 g/mol. The zero-order chi connectivity index (χ0) is 16.8. The van der Waals surface area contributed by atoms with Crippen molar-refractivity contribution in [2.45, 2.75) is 0 Å². The van der Waals surface area contributed by atoms with Crippen LogP contribution < -0.4 is 20.1 Å². The minimum absolute atomic E-state index is 0.163. The van der Waals surface area contributed by atoms with Gasteiger partial charge in [-0.1, -0.05) is 18.2 Å². The van der Waals surface area contributed by atoms with E-state index in [0.29, 0.717) is 48.9 Å². The van der Waals surface area contributed by atoms with Crippen LogP contribution in [0.3, 0.4) is 0 Å². The summed E-state index contributed by atoms with van der Waals surface area (Å²) < 4.78 is 10.9. The van der Waals surface area contributed by atoms with Crippen LogP contribution in [0.25, 0.3) is 0 Å². The molecule has 0 fully saturated rings. The summed E-state index contributed by atoms with van der Waals surface area (Å²) in [4.78, 5) is 24.0. The number of amides is 2. The van der Waals surface area contributed by atoms with Gasteiger partial charge in [-0.2, -0.15) is 0 Å². The van der Waals surface area contributed by atoms with Crippen LogP contribution in [0.5, 0.6) is 11.5 Å². The van der Waals surface area contributed by atoms with Crippen LogP contribution in [0.1, 0.15) is 20.7 Å². The largest absolute Gasteiger partial charge is 0.486 e. The molecule has 0 saturated carbocycles. The quantitative estimate of drug-likeness (QED) is 0.819. The normalized spacial score (nSPS) is 12.3. The molecule has 1 heterocycles. The first-order valence-electron chi connectivity index (χ1n) is 7.75. The van der Waals surface area contributed by atoms with E-state index in [0.717, 1.165) is 0 Å². The third kappa shape index (κ3) is 3.84. The summed E-state index contributed by atoms with van der Waals surface area (Å²) >= 11 is 0. The summed E-state index contributed by atoms with van der Waals surface area (Å²) in [5.74, 6) is 0.837. The highest BCUT2D eigenvalue weighted by atomic mass is 16.6. The second kappa shape index (κ2) is 7.50. The molecule has 0 spiro atoms. The third-order valence-corrected chi connectivity index (χ3v) is 3.54. The van der Waals surface area contributed by atoms with E-state index in [9.17, 15) is 9.59 Å². The predicted molar refractivity (Wildman–Crippen MR) is 88.5 cm³/mol. The molecular formula is C18H18N2O4. The first kappa shape index (κ1) is 15.9. The van der Waals surface area contributed by atoms with Crippen LogP contribution in [0, 0.1) is 0 Å². The second-order valence-corrected chi connectivity index (χ2v) is 5.24. The Morgan fingerprint density at radius 3 is 2.12 bits per heavy atom. The molecule has 0 aromatic heterocycles. The Labute approximate surface area is 139 Å². The molecule has 1 aliphatic rings. The van der Waals surface area contributed by atoms with Crippen LogP contribution in [0.15, 0.2) is 48.5 Å². The number of carbonyl (C=O) groups excluding carboxylic acids is 2. The van der Waals surface area contributed by atoms with Gasteiger partial charge in [0.25, 0.3) is 11.8 Å². The fourth-order valence-electron chi connectivity index (χ4n) is 2.33. The lowest BCUT2D eigenvalue weighted by molar-refractivity contribution is 0.0927. The Hall–Kier alpha value is -3.02. The van der Waals surface area contributed by atoms with Gasteiger partial charge >= 0.3 is 0 Å². The highest BCUT2D eigenvalue weighted by Gasteiger charge is 2.14. The zero-order valence-corrected chi connectivity index (χ0v) is 13.1. The highest BCUT2D eigenvalue weighted by Crippen LogP contribution is 2.30. The van der Waals surface area contributed by atoms with Gasteiger partial charge in [-0.25, -0.2) is 0 Å². The summed E-state index contributed by atoms with van der Waals surface area (Å²) in [7, 11) is 0. The van der Waals surface area contributed by atoms with Crippen molar-refractivity contribution in [2.75, 3.05) is 26.3 Å². The number of ether oxygens (including phenoxy) is 2. The molecule has 0 radical (unpaired) electrons. The SMILES string of the molecule is O=C(NCCNC(=O)c1ccc2c(c1)OCCO2)c1ccccc1. The van der Waals surface area contributed by atoms with Crippen LogP contribution >= 0.6 is 0 Å². The molecule has 1 aliphatic heterocycles. The first-order chi connectivity index (χ1) is 11.7. The molecule has 0 atom stereocenters. The fraction of sp³-hybridized carbons (Fsp3) is 0.222. The first-order valence-corrected chi connectivity index (χ1v) is 7.75. The van der Waals surface area contributed by atoms with E-state index in [-0.39, 0.29) is 11.8 Å². The molecule has 124 valence electrons. The Bertz CT molecular complexity index is 731. The molecule has 2 aromatic rings. The molecule has 0 bridgehead atoms. The topological polar surface area (TPSA) is 76.7 Å². The van der Waals surface area contributed by atoms with Crippen molar-refractivity contribution in [2.24, 2.45) is 0 Å². The summed E-state index contributed by atoms with van der Waals surface area (Å²) in [5.41, 5.74) is 1.09. The third-order valence-electron chi connectivity index (χ3n) is 3.54. The van der Waals surface area contributed by atoms with Gasteiger partial charge in [0, 0.05) is 24.2 Å². The number of carbonyl (C=O) groups is 2. The van der Waals surface area contributed by atoms with Gasteiger partial charge in [0.05, 0.1) is 0 Å². The second-order valence-electron chi connectivity index (χ2n) is 5.24. The lowest BCUT2D eigenvalue weighted by atomic mass is 10.2. The highest BCUT2D eigenvalue weighted by molar-refractivity contribution is 5.95. The minimum atomic E-state index is -0.221. The maximum absolute atomic E-state index is 12.1. The van der Waals surface area contributed by atoms with Crippen LogP contribution in [-0.4, -0.2) is 38.1 Å². The lowest BCUT2D eigenvalue weighted by Gasteiger charge is -2.18. The molecular weight excluding hydrogens is 308 g/mol. The van der Waals surface area contributed by atoms with Crippen molar-refractivity contribution < 1.29 is 19.1 Å². The Morgan fingerprint density at radius 2 is 1.42 bits per heavy atom. The van der Waals surface area contributed by atoms with E-state index in [1.54, 1.807) is 42.5 Å². The van der Waals surface area contributed by atoms with Gasteiger partial charge in [-0.05, 0) is 30.3 Å². The van der Waals surface area contributed by atoms with Gasteiger partial charge < -0.3 is 20.1 Å². The Kier molecular flexibility index (Phi) is 4.96. The molecule has 3 rings (SSSR count). The van der Waals surface area contributed by atoms with Crippen molar-refractivity contribution >= 4 is 11.8 Å².